The first-order chi connectivity index (χ1) is 11.3. The standard InChI is InChI=1S/C16H22N2O5S/c1-22-14-4-3-12(24(17,20)21)9-13(14)15(19)18-7-2-5-16(10-18)6-8-23-11-16/h3-4,9H,2,5-8,10-11H2,1H3,(H2,17,20,21). The van der Waals surface area contributed by atoms with Gasteiger partial charge in [0.1, 0.15) is 5.75 Å². The smallest absolute Gasteiger partial charge is 0.257 e. The van der Waals surface area contributed by atoms with E-state index in [0.717, 1.165) is 25.9 Å². The van der Waals surface area contributed by atoms with Gasteiger partial charge in [0, 0.05) is 25.1 Å². The lowest BCUT2D eigenvalue weighted by Crippen LogP contribution is -2.46. The lowest BCUT2D eigenvalue weighted by Gasteiger charge is -2.39. The summed E-state index contributed by atoms with van der Waals surface area (Å²) >= 11 is 0. The molecule has 1 aromatic rings. The van der Waals surface area contributed by atoms with E-state index < -0.39 is 10.0 Å². The van der Waals surface area contributed by atoms with E-state index in [1.165, 1.54) is 25.3 Å². The fourth-order valence-electron chi connectivity index (χ4n) is 3.55. The van der Waals surface area contributed by atoms with Crippen molar-refractivity contribution in [3.63, 3.8) is 0 Å². The molecular formula is C16H22N2O5S. The van der Waals surface area contributed by atoms with Gasteiger partial charge in [0.05, 0.1) is 24.2 Å². The average molecular weight is 354 g/mol. The van der Waals surface area contributed by atoms with Gasteiger partial charge in [-0.05, 0) is 37.5 Å². The molecule has 2 N–H and O–H groups in total. The molecule has 2 fully saturated rings. The van der Waals surface area contributed by atoms with Crippen LogP contribution < -0.4 is 9.88 Å². The van der Waals surface area contributed by atoms with Crippen molar-refractivity contribution in [3.05, 3.63) is 23.8 Å². The minimum absolute atomic E-state index is 0.0265. The number of methoxy groups -OCH3 is 1. The first-order valence-corrected chi connectivity index (χ1v) is 9.47. The second kappa shape index (κ2) is 6.34. The largest absolute Gasteiger partial charge is 0.496 e. The fourth-order valence-corrected chi connectivity index (χ4v) is 4.09. The SMILES string of the molecule is COc1ccc(S(N)(=O)=O)cc1C(=O)N1CCCC2(CCOC2)C1. The van der Waals surface area contributed by atoms with E-state index in [1.54, 1.807) is 4.90 Å². The van der Waals surface area contributed by atoms with Gasteiger partial charge < -0.3 is 14.4 Å². The number of benzene rings is 1. The number of ether oxygens (including phenoxy) is 2. The van der Waals surface area contributed by atoms with E-state index in [1.807, 2.05) is 0 Å². The van der Waals surface area contributed by atoms with E-state index in [9.17, 15) is 13.2 Å². The van der Waals surface area contributed by atoms with Crippen LogP contribution in [0.3, 0.4) is 0 Å². The molecule has 1 atom stereocenters. The Morgan fingerprint density at radius 1 is 1.38 bits per heavy atom. The predicted octanol–water partition coefficient (Wildman–Crippen LogP) is 0.985. The van der Waals surface area contributed by atoms with Gasteiger partial charge in [-0.1, -0.05) is 0 Å². The minimum atomic E-state index is -3.88. The number of hydrogen-bond acceptors (Lipinski definition) is 5. The van der Waals surface area contributed by atoms with Gasteiger partial charge in [0.25, 0.3) is 5.91 Å². The molecule has 0 bridgehead atoms. The number of nitrogens with zero attached hydrogens (tertiary/aromatic N) is 1. The van der Waals surface area contributed by atoms with Crippen molar-refractivity contribution >= 4 is 15.9 Å². The fraction of sp³-hybridized carbons (Fsp3) is 0.562. The Morgan fingerprint density at radius 3 is 2.79 bits per heavy atom. The van der Waals surface area contributed by atoms with Gasteiger partial charge in [0.15, 0.2) is 0 Å². The molecule has 2 aliphatic rings. The molecule has 132 valence electrons. The summed E-state index contributed by atoms with van der Waals surface area (Å²) in [6.07, 6.45) is 2.91. The van der Waals surface area contributed by atoms with Crippen molar-refractivity contribution in [2.45, 2.75) is 24.2 Å². The van der Waals surface area contributed by atoms with Crippen molar-refractivity contribution in [1.29, 1.82) is 0 Å². The van der Waals surface area contributed by atoms with Gasteiger partial charge in [-0.3, -0.25) is 4.79 Å². The maximum atomic E-state index is 13.0. The summed E-state index contributed by atoms with van der Waals surface area (Å²) in [6, 6.07) is 4.10. The van der Waals surface area contributed by atoms with Crippen LogP contribution in [-0.2, 0) is 14.8 Å². The maximum Gasteiger partial charge on any atom is 0.257 e. The van der Waals surface area contributed by atoms with E-state index in [4.69, 9.17) is 14.6 Å². The molecule has 7 nitrogen and oxygen atoms in total. The molecule has 1 amide bonds. The van der Waals surface area contributed by atoms with Crippen LogP contribution in [0.1, 0.15) is 29.6 Å². The summed E-state index contributed by atoms with van der Waals surface area (Å²) in [6.45, 7) is 2.66. The third-order valence-corrected chi connectivity index (χ3v) is 5.77. The van der Waals surface area contributed by atoms with Crippen LogP contribution in [0.2, 0.25) is 0 Å². The number of likely N-dealkylation sites (tertiary alicyclic amines) is 1. The van der Waals surface area contributed by atoms with E-state index in [-0.39, 0.29) is 21.8 Å². The molecule has 1 aromatic carbocycles. The lowest BCUT2D eigenvalue weighted by atomic mass is 9.79. The summed E-state index contributed by atoms with van der Waals surface area (Å²) < 4.78 is 33.9. The number of hydrogen-bond donors (Lipinski definition) is 1. The summed E-state index contributed by atoms with van der Waals surface area (Å²) in [5.74, 6) is 0.109. The molecule has 8 heteroatoms. The van der Waals surface area contributed by atoms with Crippen LogP contribution in [0.5, 0.6) is 5.75 Å². The monoisotopic (exact) mass is 354 g/mol. The van der Waals surface area contributed by atoms with E-state index in [2.05, 4.69) is 0 Å². The highest BCUT2D eigenvalue weighted by atomic mass is 32.2. The number of rotatable bonds is 3. The summed E-state index contributed by atoms with van der Waals surface area (Å²) in [5.41, 5.74) is 0.249. The Bertz CT molecular complexity index is 741. The van der Waals surface area contributed by atoms with Gasteiger partial charge in [0.2, 0.25) is 10.0 Å². The van der Waals surface area contributed by atoms with Crippen molar-refractivity contribution in [2.75, 3.05) is 33.4 Å². The molecule has 0 saturated carbocycles. The molecular weight excluding hydrogens is 332 g/mol. The number of sulfonamides is 1. The third kappa shape index (κ3) is 3.26. The zero-order valence-electron chi connectivity index (χ0n) is 13.7. The first-order valence-electron chi connectivity index (χ1n) is 7.93. The highest BCUT2D eigenvalue weighted by Gasteiger charge is 2.40. The minimum Gasteiger partial charge on any atom is -0.496 e. The Labute approximate surface area is 141 Å². The average Bonchev–Trinajstić information content (AvgIpc) is 3.00. The molecule has 2 heterocycles. The van der Waals surface area contributed by atoms with Gasteiger partial charge in [-0.15, -0.1) is 0 Å². The molecule has 1 spiro atoms. The second-order valence-corrected chi connectivity index (χ2v) is 8.10. The number of carbonyl (C=O) groups excluding carboxylic acids is 1. The van der Waals surface area contributed by atoms with E-state index >= 15 is 0 Å². The van der Waals surface area contributed by atoms with E-state index in [0.29, 0.717) is 25.4 Å². The van der Waals surface area contributed by atoms with Gasteiger partial charge in [-0.2, -0.15) is 0 Å². The van der Waals surface area contributed by atoms with Crippen LogP contribution >= 0.6 is 0 Å². The predicted molar refractivity (Wildman–Crippen MR) is 87.4 cm³/mol. The van der Waals surface area contributed by atoms with Crippen LogP contribution in [0.15, 0.2) is 23.1 Å². The normalized spacial score (nSPS) is 24.3. The van der Waals surface area contributed by atoms with Crippen molar-refractivity contribution in [1.82, 2.24) is 4.90 Å². The molecule has 2 aliphatic heterocycles. The molecule has 1 unspecified atom stereocenters. The molecule has 0 aromatic heterocycles. The second-order valence-electron chi connectivity index (χ2n) is 6.54. The quantitative estimate of drug-likeness (QED) is 0.872. The number of piperidine rings is 1. The lowest BCUT2D eigenvalue weighted by molar-refractivity contribution is 0.0460. The molecule has 2 saturated heterocycles. The number of carbonyl (C=O) groups is 1. The summed E-state index contributed by atoms with van der Waals surface area (Å²) in [7, 11) is -2.43. The topological polar surface area (TPSA) is 98.9 Å². The molecule has 3 rings (SSSR count). The number of nitrogens with two attached hydrogens (primary N) is 1. The summed E-state index contributed by atoms with van der Waals surface area (Å²) in [5, 5.41) is 5.18. The van der Waals surface area contributed by atoms with Crippen LogP contribution in [0.25, 0.3) is 0 Å². The molecule has 0 radical (unpaired) electrons. The number of amides is 1. The molecule has 0 aliphatic carbocycles. The highest BCUT2D eigenvalue weighted by molar-refractivity contribution is 7.89. The first kappa shape index (κ1) is 17.2. The van der Waals surface area contributed by atoms with Crippen molar-refractivity contribution < 1.29 is 22.7 Å². The van der Waals surface area contributed by atoms with Crippen LogP contribution in [0, 0.1) is 5.41 Å². The zero-order chi connectivity index (χ0) is 17.4. The Balaban J connectivity index is 1.91. The Morgan fingerprint density at radius 2 is 2.17 bits per heavy atom. The van der Waals surface area contributed by atoms with Crippen molar-refractivity contribution in [2.24, 2.45) is 10.6 Å². The van der Waals surface area contributed by atoms with Crippen molar-refractivity contribution in [3.8, 4) is 5.75 Å². The maximum absolute atomic E-state index is 13.0. The van der Waals surface area contributed by atoms with Crippen LogP contribution in [-0.4, -0.2) is 52.6 Å². The van der Waals surface area contributed by atoms with Crippen LogP contribution in [0.4, 0.5) is 0 Å². The Kier molecular flexibility index (Phi) is 4.54. The summed E-state index contributed by atoms with van der Waals surface area (Å²) in [4.78, 5) is 14.6. The van der Waals surface area contributed by atoms with Gasteiger partial charge in [-0.25, -0.2) is 13.6 Å². The van der Waals surface area contributed by atoms with Gasteiger partial charge >= 0.3 is 0 Å². The zero-order valence-corrected chi connectivity index (χ0v) is 14.5. The highest BCUT2D eigenvalue weighted by Crippen LogP contribution is 2.38. The number of primary sulfonamides is 1. The molecule has 24 heavy (non-hydrogen) atoms. The third-order valence-electron chi connectivity index (χ3n) is 4.86. The Hall–Kier alpha value is -1.64.